The highest BCUT2D eigenvalue weighted by Gasteiger charge is 2.07. The molecule has 6 nitrogen and oxygen atoms in total. The predicted octanol–water partition coefficient (Wildman–Crippen LogP) is 2.44. The molecule has 6 heteroatoms. The van der Waals surface area contributed by atoms with Crippen LogP contribution in [0.5, 0.6) is 0 Å². The summed E-state index contributed by atoms with van der Waals surface area (Å²) >= 11 is 0. The lowest BCUT2D eigenvalue weighted by atomic mass is 10.1. The summed E-state index contributed by atoms with van der Waals surface area (Å²) in [6, 6.07) is 9.29. The number of benzene rings is 1. The molecule has 0 saturated carbocycles. The van der Waals surface area contributed by atoms with Crippen molar-refractivity contribution in [3.05, 3.63) is 59.5 Å². The van der Waals surface area contributed by atoms with E-state index >= 15 is 0 Å². The fourth-order valence-electron chi connectivity index (χ4n) is 2.29. The van der Waals surface area contributed by atoms with Crippen LogP contribution >= 0.6 is 0 Å². The van der Waals surface area contributed by atoms with Gasteiger partial charge in [0, 0.05) is 18.9 Å². The summed E-state index contributed by atoms with van der Waals surface area (Å²) in [6.07, 6.45) is 3.51. The molecule has 0 aliphatic heterocycles. The maximum absolute atomic E-state index is 11.6. The van der Waals surface area contributed by atoms with Crippen molar-refractivity contribution in [1.29, 1.82) is 0 Å². The largest absolute Gasteiger partial charge is 0.465 e. The van der Waals surface area contributed by atoms with E-state index in [0.29, 0.717) is 12.1 Å². The maximum atomic E-state index is 11.6. The van der Waals surface area contributed by atoms with E-state index in [9.17, 15) is 4.79 Å². The fourth-order valence-corrected chi connectivity index (χ4v) is 2.29. The van der Waals surface area contributed by atoms with Crippen LogP contribution < -0.4 is 5.32 Å². The Kier molecular flexibility index (Phi) is 3.74. The zero-order valence-corrected chi connectivity index (χ0v) is 12.4. The summed E-state index contributed by atoms with van der Waals surface area (Å²) in [5.41, 5.74) is 3.36. The average molecular weight is 296 g/mol. The Hall–Kier alpha value is -2.89. The molecule has 0 atom stereocenters. The molecule has 0 amide bonds. The monoisotopic (exact) mass is 296 g/mol. The molecule has 0 spiro atoms. The van der Waals surface area contributed by atoms with Crippen LogP contribution in [0.2, 0.25) is 0 Å². The molecule has 0 radical (unpaired) electrons. The number of methoxy groups -OCH3 is 1. The highest BCUT2D eigenvalue weighted by atomic mass is 16.5. The van der Waals surface area contributed by atoms with Gasteiger partial charge in [0.25, 0.3) is 0 Å². The molecule has 2 aromatic heterocycles. The number of aryl methyl sites for hydroxylation is 1. The third kappa shape index (κ3) is 2.76. The summed E-state index contributed by atoms with van der Waals surface area (Å²) < 4.78 is 6.52. The predicted molar refractivity (Wildman–Crippen MR) is 82.8 cm³/mol. The Morgan fingerprint density at radius 3 is 3.05 bits per heavy atom. The smallest absolute Gasteiger partial charge is 0.337 e. The van der Waals surface area contributed by atoms with Gasteiger partial charge in [-0.2, -0.15) is 5.10 Å². The van der Waals surface area contributed by atoms with Gasteiger partial charge in [-0.3, -0.25) is 0 Å². The first-order valence-corrected chi connectivity index (χ1v) is 6.89. The van der Waals surface area contributed by atoms with Crippen LogP contribution in [0.1, 0.15) is 21.6 Å². The van der Waals surface area contributed by atoms with E-state index in [1.54, 1.807) is 22.8 Å². The Morgan fingerprint density at radius 2 is 2.23 bits per heavy atom. The minimum atomic E-state index is -0.339. The zero-order chi connectivity index (χ0) is 15.5. The van der Waals surface area contributed by atoms with Crippen LogP contribution in [0.4, 0.5) is 5.82 Å². The quantitative estimate of drug-likeness (QED) is 0.749. The number of nitrogens with one attached hydrogen (secondary N) is 1. The van der Waals surface area contributed by atoms with Crippen molar-refractivity contribution < 1.29 is 9.53 Å². The topological polar surface area (TPSA) is 68.5 Å². The Morgan fingerprint density at radius 1 is 1.36 bits per heavy atom. The van der Waals surface area contributed by atoms with Gasteiger partial charge in [0.2, 0.25) is 0 Å². The zero-order valence-electron chi connectivity index (χ0n) is 12.4. The molecule has 1 aromatic carbocycles. The van der Waals surface area contributed by atoms with Gasteiger partial charge >= 0.3 is 5.97 Å². The summed E-state index contributed by atoms with van der Waals surface area (Å²) in [5, 5.41) is 7.63. The summed E-state index contributed by atoms with van der Waals surface area (Å²) in [6.45, 7) is 2.50. The van der Waals surface area contributed by atoms with E-state index in [4.69, 9.17) is 4.74 Å². The highest BCUT2D eigenvalue weighted by Crippen LogP contribution is 2.16. The van der Waals surface area contributed by atoms with Crippen molar-refractivity contribution in [3.63, 3.8) is 0 Å². The number of hydrogen-bond acceptors (Lipinski definition) is 5. The lowest BCUT2D eigenvalue weighted by molar-refractivity contribution is 0.0600. The number of carbonyl (C=O) groups is 1. The molecular weight excluding hydrogens is 280 g/mol. The number of ether oxygens (including phenoxy) is 1. The Bertz CT molecular complexity index is 826. The average Bonchev–Trinajstić information content (AvgIpc) is 2.93. The summed E-state index contributed by atoms with van der Waals surface area (Å²) in [4.78, 5) is 15.9. The summed E-state index contributed by atoms with van der Waals surface area (Å²) in [5.74, 6) is 0.417. The van der Waals surface area contributed by atoms with E-state index in [1.807, 2.05) is 31.3 Å². The van der Waals surface area contributed by atoms with E-state index in [0.717, 1.165) is 22.6 Å². The SMILES string of the molecule is COC(=O)c1cccc(CNc2nccn3nc(C)cc23)c1. The molecule has 1 N–H and O–H groups in total. The van der Waals surface area contributed by atoms with Gasteiger partial charge in [-0.15, -0.1) is 0 Å². The van der Waals surface area contributed by atoms with Gasteiger partial charge in [-0.1, -0.05) is 12.1 Å². The molecule has 2 heterocycles. The molecule has 0 aliphatic rings. The second kappa shape index (κ2) is 5.85. The van der Waals surface area contributed by atoms with E-state index in [-0.39, 0.29) is 5.97 Å². The van der Waals surface area contributed by atoms with Crippen LogP contribution in [-0.2, 0) is 11.3 Å². The summed E-state index contributed by atoms with van der Waals surface area (Å²) in [7, 11) is 1.37. The van der Waals surface area contributed by atoms with Crippen LogP contribution in [0, 0.1) is 6.92 Å². The first-order valence-electron chi connectivity index (χ1n) is 6.89. The molecule has 0 saturated heterocycles. The van der Waals surface area contributed by atoms with Crippen molar-refractivity contribution >= 4 is 17.3 Å². The first-order chi connectivity index (χ1) is 10.7. The standard InChI is InChI=1S/C16H16N4O2/c1-11-8-14-15(17-6-7-20(14)19-11)18-10-12-4-3-5-13(9-12)16(21)22-2/h3-9H,10H2,1-2H3,(H,17,18). The van der Waals surface area contributed by atoms with Crippen molar-refractivity contribution in [1.82, 2.24) is 14.6 Å². The lowest BCUT2D eigenvalue weighted by Gasteiger charge is -2.08. The van der Waals surface area contributed by atoms with Gasteiger partial charge in [0.1, 0.15) is 5.52 Å². The van der Waals surface area contributed by atoms with E-state index < -0.39 is 0 Å². The number of fused-ring (bicyclic) bond motifs is 1. The van der Waals surface area contributed by atoms with E-state index in [2.05, 4.69) is 15.4 Å². The Balaban J connectivity index is 1.81. The maximum Gasteiger partial charge on any atom is 0.337 e. The van der Waals surface area contributed by atoms with Gasteiger partial charge in [-0.25, -0.2) is 14.3 Å². The molecular formula is C16H16N4O2. The number of nitrogens with zero attached hydrogens (tertiary/aromatic N) is 3. The van der Waals surface area contributed by atoms with Crippen LogP contribution in [-0.4, -0.2) is 27.7 Å². The van der Waals surface area contributed by atoms with Crippen LogP contribution in [0.3, 0.4) is 0 Å². The number of aromatic nitrogens is 3. The molecule has 0 aliphatic carbocycles. The Labute approximate surface area is 127 Å². The van der Waals surface area contributed by atoms with Gasteiger partial charge in [0.15, 0.2) is 5.82 Å². The van der Waals surface area contributed by atoms with Crippen LogP contribution in [0.25, 0.3) is 5.52 Å². The van der Waals surface area contributed by atoms with Crippen molar-refractivity contribution in [2.24, 2.45) is 0 Å². The van der Waals surface area contributed by atoms with Gasteiger partial charge in [0.05, 0.1) is 18.4 Å². The second-order valence-electron chi connectivity index (χ2n) is 4.94. The molecule has 0 unspecified atom stereocenters. The molecule has 0 fully saturated rings. The number of esters is 1. The van der Waals surface area contributed by atoms with E-state index in [1.165, 1.54) is 7.11 Å². The lowest BCUT2D eigenvalue weighted by Crippen LogP contribution is -2.06. The molecule has 0 bridgehead atoms. The number of hydrogen-bond donors (Lipinski definition) is 1. The number of anilines is 1. The van der Waals surface area contributed by atoms with Crippen LogP contribution in [0.15, 0.2) is 42.7 Å². The first kappa shape index (κ1) is 14.1. The fraction of sp³-hybridized carbons (Fsp3) is 0.188. The molecule has 22 heavy (non-hydrogen) atoms. The number of rotatable bonds is 4. The van der Waals surface area contributed by atoms with Crippen molar-refractivity contribution in [2.75, 3.05) is 12.4 Å². The van der Waals surface area contributed by atoms with Crippen molar-refractivity contribution in [2.45, 2.75) is 13.5 Å². The van der Waals surface area contributed by atoms with Crippen molar-refractivity contribution in [3.8, 4) is 0 Å². The highest BCUT2D eigenvalue weighted by molar-refractivity contribution is 5.89. The number of carbonyl (C=O) groups excluding carboxylic acids is 1. The normalized spacial score (nSPS) is 10.6. The second-order valence-corrected chi connectivity index (χ2v) is 4.94. The third-order valence-corrected chi connectivity index (χ3v) is 3.32. The molecule has 3 rings (SSSR count). The minimum Gasteiger partial charge on any atom is -0.465 e. The molecule has 3 aromatic rings. The van der Waals surface area contributed by atoms with Gasteiger partial charge in [-0.05, 0) is 30.7 Å². The van der Waals surface area contributed by atoms with Gasteiger partial charge < -0.3 is 10.1 Å². The molecule has 112 valence electrons. The minimum absolute atomic E-state index is 0.339. The third-order valence-electron chi connectivity index (χ3n) is 3.32.